The molecule has 4 atom stereocenters. The summed E-state index contributed by atoms with van der Waals surface area (Å²) in [6.45, 7) is 1.43. The summed E-state index contributed by atoms with van der Waals surface area (Å²) < 4.78 is 0. The van der Waals surface area contributed by atoms with Gasteiger partial charge in [-0.1, -0.05) is 48.5 Å². The molecule has 5 aromatic rings. The van der Waals surface area contributed by atoms with Gasteiger partial charge >= 0.3 is 5.97 Å². The van der Waals surface area contributed by atoms with Crippen molar-refractivity contribution in [3.63, 3.8) is 0 Å². The normalized spacial score (nSPS) is 13.9. The van der Waals surface area contributed by atoms with Gasteiger partial charge in [-0.05, 0) is 54.3 Å². The molecular formula is C34H36N6O6. The number of benzene rings is 3. The molecule has 12 nitrogen and oxygen atoms in total. The van der Waals surface area contributed by atoms with Crippen LogP contribution in [0.15, 0.2) is 85.2 Å². The lowest BCUT2D eigenvalue weighted by molar-refractivity contribution is -0.142. The minimum absolute atomic E-state index is 0.0317. The highest BCUT2D eigenvalue weighted by Gasteiger charge is 2.29. The molecule has 0 aliphatic heterocycles. The maximum absolute atomic E-state index is 13.6. The number of H-pyrrole nitrogens is 2. The van der Waals surface area contributed by atoms with Crippen LogP contribution in [0.25, 0.3) is 21.8 Å². The van der Waals surface area contributed by atoms with E-state index in [1.54, 1.807) is 24.5 Å². The van der Waals surface area contributed by atoms with Crippen LogP contribution >= 0.6 is 0 Å². The predicted molar refractivity (Wildman–Crippen MR) is 173 cm³/mol. The Hall–Kier alpha value is -5.62. The van der Waals surface area contributed by atoms with Crippen molar-refractivity contribution in [2.75, 3.05) is 0 Å². The third-order valence-corrected chi connectivity index (χ3v) is 7.93. The van der Waals surface area contributed by atoms with Crippen LogP contribution in [-0.4, -0.2) is 68.0 Å². The SMILES string of the molecule is CC(NC(=O)C(Cc1c[nH]c2ccccc12)NC(=O)C(N)Cc1c[nH]c2ccccc12)C(=O)NC(Cc1ccc(O)cc1)C(=O)O. The highest BCUT2D eigenvalue weighted by molar-refractivity contribution is 5.95. The lowest BCUT2D eigenvalue weighted by Crippen LogP contribution is -2.57. The summed E-state index contributed by atoms with van der Waals surface area (Å²) in [5.74, 6) is -3.11. The zero-order valence-electron chi connectivity index (χ0n) is 25.1. The molecule has 238 valence electrons. The van der Waals surface area contributed by atoms with Crippen LogP contribution in [0.2, 0.25) is 0 Å². The van der Waals surface area contributed by atoms with Crippen molar-refractivity contribution >= 4 is 45.5 Å². The van der Waals surface area contributed by atoms with Crippen molar-refractivity contribution in [2.45, 2.75) is 50.4 Å². The van der Waals surface area contributed by atoms with E-state index in [2.05, 4.69) is 25.9 Å². The number of amides is 3. The lowest BCUT2D eigenvalue weighted by atomic mass is 10.0. The maximum atomic E-state index is 13.6. The predicted octanol–water partition coefficient (Wildman–Crippen LogP) is 2.27. The number of carboxylic acids is 1. The van der Waals surface area contributed by atoms with Gasteiger partial charge in [-0.2, -0.15) is 0 Å². The monoisotopic (exact) mass is 624 g/mol. The molecule has 3 amide bonds. The molecule has 0 radical (unpaired) electrons. The lowest BCUT2D eigenvalue weighted by Gasteiger charge is -2.23. The first-order valence-electron chi connectivity index (χ1n) is 14.9. The first-order chi connectivity index (χ1) is 22.1. The second kappa shape index (κ2) is 14.0. The molecule has 2 heterocycles. The molecule has 4 unspecified atom stereocenters. The fourth-order valence-corrected chi connectivity index (χ4v) is 5.38. The first kappa shape index (κ1) is 31.8. The molecular weight excluding hydrogens is 588 g/mol. The minimum Gasteiger partial charge on any atom is -0.508 e. The molecule has 2 aromatic heterocycles. The van der Waals surface area contributed by atoms with Crippen LogP contribution in [0.1, 0.15) is 23.6 Å². The Labute approximate surface area is 264 Å². The minimum atomic E-state index is -1.28. The smallest absolute Gasteiger partial charge is 0.326 e. The average molecular weight is 625 g/mol. The number of carbonyl (C=O) groups excluding carboxylic acids is 3. The summed E-state index contributed by atoms with van der Waals surface area (Å²) in [5, 5.41) is 28.9. The summed E-state index contributed by atoms with van der Waals surface area (Å²) in [6.07, 6.45) is 3.87. The van der Waals surface area contributed by atoms with E-state index in [1.165, 1.54) is 19.1 Å². The van der Waals surface area contributed by atoms with Gasteiger partial charge in [-0.25, -0.2) is 4.79 Å². The number of nitrogens with two attached hydrogens (primary N) is 1. The highest BCUT2D eigenvalue weighted by Crippen LogP contribution is 2.21. The van der Waals surface area contributed by atoms with E-state index >= 15 is 0 Å². The van der Waals surface area contributed by atoms with E-state index in [0.717, 1.165) is 32.9 Å². The number of rotatable bonds is 13. The highest BCUT2D eigenvalue weighted by atomic mass is 16.4. The fourth-order valence-electron chi connectivity index (χ4n) is 5.38. The molecule has 0 fully saturated rings. The Morgan fingerprint density at radius 1 is 0.696 bits per heavy atom. The Kier molecular flexibility index (Phi) is 9.67. The molecule has 46 heavy (non-hydrogen) atoms. The largest absolute Gasteiger partial charge is 0.508 e. The number of hydrogen-bond acceptors (Lipinski definition) is 6. The van der Waals surface area contributed by atoms with E-state index in [1.807, 2.05) is 48.5 Å². The maximum Gasteiger partial charge on any atom is 0.326 e. The molecule has 0 saturated carbocycles. The van der Waals surface area contributed by atoms with Crippen LogP contribution in [0.3, 0.4) is 0 Å². The number of para-hydroxylation sites is 2. The van der Waals surface area contributed by atoms with Gasteiger partial charge < -0.3 is 41.9 Å². The number of nitrogens with one attached hydrogen (secondary N) is 5. The number of phenols is 1. The number of hydrogen-bond donors (Lipinski definition) is 8. The Bertz CT molecular complexity index is 1860. The molecule has 0 spiro atoms. The van der Waals surface area contributed by atoms with E-state index in [0.29, 0.717) is 5.56 Å². The molecule has 0 aliphatic carbocycles. The zero-order valence-corrected chi connectivity index (χ0v) is 25.1. The molecule has 0 bridgehead atoms. The second-order valence-electron chi connectivity index (χ2n) is 11.3. The number of aliphatic carboxylic acids is 1. The number of phenolic OH excluding ortho intramolecular Hbond substituents is 1. The Balaban J connectivity index is 1.28. The van der Waals surface area contributed by atoms with E-state index < -0.39 is 47.9 Å². The Morgan fingerprint density at radius 3 is 1.83 bits per heavy atom. The van der Waals surface area contributed by atoms with E-state index in [9.17, 15) is 29.4 Å². The third-order valence-electron chi connectivity index (χ3n) is 7.93. The Morgan fingerprint density at radius 2 is 1.24 bits per heavy atom. The van der Waals surface area contributed by atoms with Gasteiger partial charge in [0, 0.05) is 47.0 Å². The molecule has 0 saturated heterocycles. The number of carboxylic acid groups (broad SMARTS) is 1. The molecule has 12 heteroatoms. The summed E-state index contributed by atoms with van der Waals surface area (Å²) in [7, 11) is 0. The van der Waals surface area contributed by atoms with Crippen molar-refractivity contribution in [3.8, 4) is 5.75 Å². The van der Waals surface area contributed by atoms with Crippen molar-refractivity contribution in [1.29, 1.82) is 0 Å². The summed E-state index contributed by atoms with van der Waals surface area (Å²) in [4.78, 5) is 58.2. The molecule has 5 rings (SSSR count). The van der Waals surface area contributed by atoms with Crippen molar-refractivity contribution < 1.29 is 29.4 Å². The van der Waals surface area contributed by atoms with Crippen molar-refractivity contribution in [2.24, 2.45) is 5.73 Å². The van der Waals surface area contributed by atoms with Crippen LogP contribution in [0.4, 0.5) is 0 Å². The van der Waals surface area contributed by atoms with Crippen molar-refractivity contribution in [1.82, 2.24) is 25.9 Å². The average Bonchev–Trinajstić information content (AvgIpc) is 3.65. The van der Waals surface area contributed by atoms with Gasteiger partial charge in [-0.3, -0.25) is 14.4 Å². The summed E-state index contributed by atoms with van der Waals surface area (Å²) >= 11 is 0. The van der Waals surface area contributed by atoms with Gasteiger partial charge in [0.15, 0.2) is 0 Å². The van der Waals surface area contributed by atoms with E-state index in [-0.39, 0.29) is 25.0 Å². The van der Waals surface area contributed by atoms with Gasteiger partial charge in [0.1, 0.15) is 23.9 Å². The fraction of sp³-hybridized carbons (Fsp3) is 0.235. The topological polar surface area (TPSA) is 202 Å². The standard InChI is InChI=1S/C34H36N6O6/c1-19(31(42)40-30(34(45)46)14-20-10-12-23(41)13-11-20)38-33(44)29(16-22-18-37-28-9-5-3-7-25(22)28)39-32(43)26(35)15-21-17-36-27-8-4-2-6-24(21)27/h2-13,17-19,26,29-30,36-37,41H,14-16,35H2,1H3,(H,38,44)(H,39,43)(H,40,42)(H,45,46). The second-order valence-corrected chi connectivity index (χ2v) is 11.3. The summed E-state index contributed by atoms with van der Waals surface area (Å²) in [6, 6.07) is 16.7. The van der Waals surface area contributed by atoms with Crippen LogP contribution in [-0.2, 0) is 38.4 Å². The third kappa shape index (κ3) is 7.53. The molecule has 0 aliphatic rings. The number of aromatic hydroxyl groups is 1. The van der Waals surface area contributed by atoms with Crippen molar-refractivity contribution in [3.05, 3.63) is 102 Å². The first-order valence-corrected chi connectivity index (χ1v) is 14.9. The number of aromatic nitrogens is 2. The van der Waals surface area contributed by atoms with Gasteiger partial charge in [0.05, 0.1) is 6.04 Å². The quantitative estimate of drug-likeness (QED) is 0.0981. The number of aromatic amines is 2. The van der Waals surface area contributed by atoms with Gasteiger partial charge in [-0.15, -0.1) is 0 Å². The van der Waals surface area contributed by atoms with Gasteiger partial charge in [0.25, 0.3) is 0 Å². The van der Waals surface area contributed by atoms with Crippen LogP contribution in [0.5, 0.6) is 5.75 Å². The zero-order chi connectivity index (χ0) is 32.8. The number of carbonyl (C=O) groups is 4. The summed E-state index contributed by atoms with van der Waals surface area (Å²) in [5.41, 5.74) is 10.3. The van der Waals surface area contributed by atoms with Crippen LogP contribution < -0.4 is 21.7 Å². The number of fused-ring (bicyclic) bond motifs is 2. The molecule has 3 aromatic carbocycles. The molecule has 9 N–H and O–H groups in total. The van der Waals surface area contributed by atoms with Crippen LogP contribution in [0, 0.1) is 0 Å². The van der Waals surface area contributed by atoms with Gasteiger partial charge in [0.2, 0.25) is 17.7 Å². The van der Waals surface area contributed by atoms with E-state index in [4.69, 9.17) is 5.73 Å².